The van der Waals surface area contributed by atoms with Crippen LogP contribution in [0.4, 0.5) is 5.69 Å². The topological polar surface area (TPSA) is 50.8 Å². The van der Waals surface area contributed by atoms with Gasteiger partial charge >= 0.3 is 0 Å². The summed E-state index contributed by atoms with van der Waals surface area (Å²) in [5, 5.41) is 3.13. The molecule has 1 amide bonds. The Morgan fingerprint density at radius 2 is 1.61 bits per heavy atom. The molecule has 1 N–H and O–H groups in total. The van der Waals surface area contributed by atoms with Crippen molar-refractivity contribution >= 4 is 11.6 Å². The van der Waals surface area contributed by atoms with Gasteiger partial charge in [0.15, 0.2) is 0 Å². The Labute approximate surface area is 227 Å². The molecule has 0 atom stereocenters. The molecule has 200 valence electrons. The minimum Gasteiger partial charge on any atom is -0.496 e. The Balaban J connectivity index is 1.34. The number of nitrogens with one attached hydrogen (secondary N) is 1. The lowest BCUT2D eigenvalue weighted by molar-refractivity contribution is 0.102. The van der Waals surface area contributed by atoms with Crippen molar-refractivity contribution in [1.82, 2.24) is 4.90 Å². The maximum atomic E-state index is 13.5. The molecule has 3 aromatic rings. The number of likely N-dealkylation sites (tertiary alicyclic amines) is 1. The van der Waals surface area contributed by atoms with Crippen LogP contribution < -0.4 is 14.8 Å². The molecule has 0 bridgehead atoms. The number of nitrogens with zero attached hydrogens (tertiary/aromatic N) is 1. The van der Waals surface area contributed by atoms with Crippen molar-refractivity contribution in [3.63, 3.8) is 0 Å². The van der Waals surface area contributed by atoms with E-state index in [4.69, 9.17) is 9.47 Å². The molecule has 38 heavy (non-hydrogen) atoms. The number of benzene rings is 3. The van der Waals surface area contributed by atoms with Gasteiger partial charge in [-0.2, -0.15) is 0 Å². The Kier molecular flexibility index (Phi) is 8.33. The molecular weight excluding hydrogens is 472 g/mol. The number of hydrogen-bond donors (Lipinski definition) is 1. The minimum atomic E-state index is -0.174. The van der Waals surface area contributed by atoms with Crippen LogP contribution in [0.25, 0.3) is 11.1 Å². The van der Waals surface area contributed by atoms with E-state index in [9.17, 15) is 4.79 Å². The predicted molar refractivity (Wildman–Crippen MR) is 154 cm³/mol. The Morgan fingerprint density at radius 1 is 0.868 bits per heavy atom. The first-order valence-corrected chi connectivity index (χ1v) is 14.1. The SMILES string of the molecule is COc1ccc(NC(=O)c2ccc(-c3ccccc3)cc2OC(C)C)cc1C1CCN(C2CCCC2)CC1. The van der Waals surface area contributed by atoms with Gasteiger partial charge in [0, 0.05) is 11.7 Å². The van der Waals surface area contributed by atoms with E-state index in [1.807, 2.05) is 62.4 Å². The van der Waals surface area contributed by atoms with Crippen molar-refractivity contribution in [1.29, 1.82) is 0 Å². The summed E-state index contributed by atoms with van der Waals surface area (Å²) in [4.78, 5) is 16.2. The molecule has 1 saturated heterocycles. The zero-order valence-corrected chi connectivity index (χ0v) is 22.9. The highest BCUT2D eigenvalue weighted by atomic mass is 16.5. The summed E-state index contributed by atoms with van der Waals surface area (Å²) in [5.74, 6) is 1.75. The van der Waals surface area contributed by atoms with E-state index in [2.05, 4.69) is 28.4 Å². The van der Waals surface area contributed by atoms with E-state index in [1.54, 1.807) is 7.11 Å². The van der Waals surface area contributed by atoms with Gasteiger partial charge in [-0.15, -0.1) is 0 Å². The number of hydrogen-bond acceptors (Lipinski definition) is 4. The number of carbonyl (C=O) groups excluding carboxylic acids is 1. The van der Waals surface area contributed by atoms with Gasteiger partial charge < -0.3 is 19.7 Å². The number of methoxy groups -OCH3 is 1. The summed E-state index contributed by atoms with van der Waals surface area (Å²) in [6.45, 7) is 6.23. The highest BCUT2D eigenvalue weighted by Crippen LogP contribution is 2.38. The molecule has 5 heteroatoms. The van der Waals surface area contributed by atoms with Gasteiger partial charge in [-0.25, -0.2) is 0 Å². The van der Waals surface area contributed by atoms with Gasteiger partial charge in [0.2, 0.25) is 0 Å². The first-order chi connectivity index (χ1) is 18.5. The van der Waals surface area contributed by atoms with Gasteiger partial charge in [0.05, 0.1) is 18.8 Å². The molecule has 0 aromatic heterocycles. The third kappa shape index (κ3) is 6.05. The van der Waals surface area contributed by atoms with Crippen molar-refractivity contribution in [2.24, 2.45) is 0 Å². The van der Waals surface area contributed by atoms with Crippen LogP contribution in [0.15, 0.2) is 66.7 Å². The van der Waals surface area contributed by atoms with E-state index in [-0.39, 0.29) is 12.0 Å². The molecule has 0 spiro atoms. The van der Waals surface area contributed by atoms with Crippen molar-refractivity contribution in [3.8, 4) is 22.6 Å². The standard InChI is InChI=1S/C33H40N2O3/c1-23(2)38-32-21-26(24-9-5-4-6-10-24)13-15-29(32)33(36)34-27-14-16-31(37-3)30(22-27)25-17-19-35(20-18-25)28-11-7-8-12-28/h4-6,9-10,13-16,21-23,25,28H,7-8,11-12,17-20H2,1-3H3,(H,34,36). The molecule has 1 heterocycles. The Bertz CT molecular complexity index is 1230. The molecular formula is C33H40N2O3. The van der Waals surface area contributed by atoms with Crippen LogP contribution in [0.2, 0.25) is 0 Å². The Hall–Kier alpha value is -3.31. The summed E-state index contributed by atoms with van der Waals surface area (Å²) >= 11 is 0. The number of carbonyl (C=O) groups is 1. The molecule has 2 fully saturated rings. The van der Waals surface area contributed by atoms with Gasteiger partial charge in [0.25, 0.3) is 5.91 Å². The summed E-state index contributed by atoms with van der Waals surface area (Å²) in [5.41, 5.74) is 4.61. The fourth-order valence-corrected chi connectivity index (χ4v) is 6.05. The van der Waals surface area contributed by atoms with Gasteiger partial charge in [-0.3, -0.25) is 4.79 Å². The van der Waals surface area contributed by atoms with E-state index >= 15 is 0 Å². The van der Waals surface area contributed by atoms with E-state index in [1.165, 1.54) is 31.2 Å². The zero-order valence-electron chi connectivity index (χ0n) is 22.9. The van der Waals surface area contributed by atoms with E-state index in [0.717, 1.165) is 54.5 Å². The molecule has 5 rings (SSSR count). The van der Waals surface area contributed by atoms with Crippen molar-refractivity contribution in [2.45, 2.75) is 70.4 Å². The van der Waals surface area contributed by atoms with Gasteiger partial charge in [0.1, 0.15) is 11.5 Å². The average molecular weight is 513 g/mol. The lowest BCUT2D eigenvalue weighted by Crippen LogP contribution is -2.39. The van der Waals surface area contributed by atoms with E-state index < -0.39 is 0 Å². The summed E-state index contributed by atoms with van der Waals surface area (Å²) in [7, 11) is 1.73. The highest BCUT2D eigenvalue weighted by molar-refractivity contribution is 6.06. The number of ether oxygens (including phenoxy) is 2. The second-order valence-electron chi connectivity index (χ2n) is 10.9. The fourth-order valence-electron chi connectivity index (χ4n) is 6.05. The van der Waals surface area contributed by atoms with Gasteiger partial charge in [-0.05, 0) is 106 Å². The molecule has 1 saturated carbocycles. The van der Waals surface area contributed by atoms with Crippen LogP contribution in [0, 0.1) is 0 Å². The van der Waals surface area contributed by atoms with Crippen molar-refractivity contribution in [3.05, 3.63) is 77.9 Å². The number of amides is 1. The van der Waals surface area contributed by atoms with Crippen LogP contribution in [0.3, 0.4) is 0 Å². The molecule has 5 nitrogen and oxygen atoms in total. The lowest BCUT2D eigenvalue weighted by Gasteiger charge is -2.36. The van der Waals surface area contributed by atoms with Crippen LogP contribution in [-0.4, -0.2) is 43.2 Å². The molecule has 0 unspecified atom stereocenters. The maximum absolute atomic E-state index is 13.5. The lowest BCUT2D eigenvalue weighted by atomic mass is 9.87. The van der Waals surface area contributed by atoms with Crippen LogP contribution in [-0.2, 0) is 0 Å². The second-order valence-corrected chi connectivity index (χ2v) is 10.9. The van der Waals surface area contributed by atoms with E-state index in [0.29, 0.717) is 17.2 Å². The Morgan fingerprint density at radius 3 is 2.29 bits per heavy atom. The maximum Gasteiger partial charge on any atom is 0.259 e. The van der Waals surface area contributed by atoms with Gasteiger partial charge in [-0.1, -0.05) is 49.2 Å². The largest absolute Gasteiger partial charge is 0.496 e. The minimum absolute atomic E-state index is 0.0461. The number of piperidine rings is 1. The molecule has 1 aliphatic carbocycles. The molecule has 0 radical (unpaired) electrons. The number of anilines is 1. The number of rotatable bonds is 8. The smallest absolute Gasteiger partial charge is 0.259 e. The van der Waals surface area contributed by atoms with Crippen LogP contribution in [0.5, 0.6) is 11.5 Å². The summed E-state index contributed by atoms with van der Waals surface area (Å²) < 4.78 is 11.8. The third-order valence-electron chi connectivity index (χ3n) is 7.99. The predicted octanol–water partition coefficient (Wildman–Crippen LogP) is 7.52. The van der Waals surface area contributed by atoms with Crippen molar-refractivity contribution < 1.29 is 14.3 Å². The second kappa shape index (κ2) is 12.0. The van der Waals surface area contributed by atoms with Crippen molar-refractivity contribution in [2.75, 3.05) is 25.5 Å². The molecule has 1 aliphatic heterocycles. The average Bonchev–Trinajstić information content (AvgIpc) is 3.48. The first-order valence-electron chi connectivity index (χ1n) is 14.1. The normalized spacial score (nSPS) is 17.1. The van der Waals surface area contributed by atoms with Crippen LogP contribution in [0.1, 0.15) is 74.2 Å². The fraction of sp³-hybridized carbons (Fsp3) is 0.424. The summed E-state index contributed by atoms with van der Waals surface area (Å²) in [6, 6.07) is 22.7. The third-order valence-corrected chi connectivity index (χ3v) is 7.99. The quantitative estimate of drug-likeness (QED) is 0.339. The zero-order chi connectivity index (χ0) is 26.5. The monoisotopic (exact) mass is 512 g/mol. The highest BCUT2D eigenvalue weighted by Gasteiger charge is 2.29. The molecule has 3 aromatic carbocycles. The van der Waals surface area contributed by atoms with Crippen LogP contribution >= 0.6 is 0 Å². The molecule has 2 aliphatic rings. The first kappa shape index (κ1) is 26.3. The summed E-state index contributed by atoms with van der Waals surface area (Å²) in [6.07, 6.45) is 7.65.